The SMILES string of the molecule is O=CC1N=c2ccccc2=CO1. The summed E-state index contributed by atoms with van der Waals surface area (Å²) < 4.78 is 4.99. The molecule has 12 heavy (non-hydrogen) atoms. The molecule has 0 saturated carbocycles. The van der Waals surface area contributed by atoms with E-state index in [0.29, 0.717) is 6.29 Å². The van der Waals surface area contributed by atoms with Gasteiger partial charge in [0.1, 0.15) is 0 Å². The zero-order valence-corrected chi connectivity index (χ0v) is 6.31. The van der Waals surface area contributed by atoms with E-state index in [1.54, 1.807) is 6.26 Å². The smallest absolute Gasteiger partial charge is 0.245 e. The Morgan fingerprint density at radius 2 is 2.25 bits per heavy atom. The lowest BCUT2D eigenvalue weighted by molar-refractivity contribution is -0.114. The van der Waals surface area contributed by atoms with Gasteiger partial charge in [-0.1, -0.05) is 12.1 Å². The van der Waals surface area contributed by atoms with Gasteiger partial charge in [-0.3, -0.25) is 4.79 Å². The average molecular weight is 161 g/mol. The molecule has 0 spiro atoms. The summed E-state index contributed by atoms with van der Waals surface area (Å²) in [5.74, 6) is 0. The van der Waals surface area contributed by atoms with Gasteiger partial charge < -0.3 is 4.74 Å². The van der Waals surface area contributed by atoms with Crippen molar-refractivity contribution in [2.24, 2.45) is 4.99 Å². The second-order valence-electron chi connectivity index (χ2n) is 2.47. The van der Waals surface area contributed by atoms with Crippen LogP contribution in [0.1, 0.15) is 0 Å². The zero-order chi connectivity index (χ0) is 8.39. The van der Waals surface area contributed by atoms with E-state index in [4.69, 9.17) is 4.74 Å². The van der Waals surface area contributed by atoms with Gasteiger partial charge >= 0.3 is 0 Å². The van der Waals surface area contributed by atoms with E-state index in [1.807, 2.05) is 24.3 Å². The van der Waals surface area contributed by atoms with E-state index in [0.717, 1.165) is 10.6 Å². The Hall–Kier alpha value is -1.64. The molecule has 1 aliphatic rings. The Balaban J connectivity index is 2.63. The molecule has 1 aromatic rings. The number of fused-ring (bicyclic) bond motifs is 1. The largest absolute Gasteiger partial charge is 0.469 e. The predicted octanol–water partition coefficient (Wildman–Crippen LogP) is -0.401. The highest BCUT2D eigenvalue weighted by molar-refractivity contribution is 5.56. The van der Waals surface area contributed by atoms with Crippen molar-refractivity contribution in [2.75, 3.05) is 0 Å². The number of benzene rings is 1. The van der Waals surface area contributed by atoms with Crippen molar-refractivity contribution in [3.8, 4) is 0 Å². The van der Waals surface area contributed by atoms with Crippen molar-refractivity contribution in [1.82, 2.24) is 0 Å². The molecule has 1 atom stereocenters. The molecule has 0 amide bonds. The van der Waals surface area contributed by atoms with Gasteiger partial charge in [0.05, 0.1) is 11.6 Å². The van der Waals surface area contributed by atoms with Crippen LogP contribution in [-0.4, -0.2) is 12.5 Å². The molecule has 0 aromatic heterocycles. The van der Waals surface area contributed by atoms with Crippen LogP contribution in [0.15, 0.2) is 29.3 Å². The van der Waals surface area contributed by atoms with E-state index in [1.165, 1.54) is 0 Å². The number of nitrogens with zero attached hydrogens (tertiary/aromatic N) is 1. The molecule has 1 heterocycles. The molecule has 0 fully saturated rings. The first kappa shape index (κ1) is 7.03. The third-order valence-corrected chi connectivity index (χ3v) is 1.65. The van der Waals surface area contributed by atoms with Crippen LogP contribution in [0.3, 0.4) is 0 Å². The third kappa shape index (κ3) is 1.09. The summed E-state index contributed by atoms with van der Waals surface area (Å²) in [7, 11) is 0. The predicted molar refractivity (Wildman–Crippen MR) is 42.6 cm³/mol. The van der Waals surface area contributed by atoms with Gasteiger partial charge in [0, 0.05) is 5.22 Å². The Kier molecular flexibility index (Phi) is 1.63. The van der Waals surface area contributed by atoms with Gasteiger partial charge in [-0.05, 0) is 12.1 Å². The number of hydrogen-bond donors (Lipinski definition) is 0. The third-order valence-electron chi connectivity index (χ3n) is 1.65. The quantitative estimate of drug-likeness (QED) is 0.526. The second kappa shape index (κ2) is 2.77. The molecular formula is C9H7NO2. The molecule has 1 aliphatic heterocycles. The maximum Gasteiger partial charge on any atom is 0.245 e. The fourth-order valence-corrected chi connectivity index (χ4v) is 1.08. The number of para-hydroxylation sites is 1. The van der Waals surface area contributed by atoms with Crippen molar-refractivity contribution < 1.29 is 9.53 Å². The van der Waals surface area contributed by atoms with Gasteiger partial charge in [-0.2, -0.15) is 0 Å². The first-order valence-corrected chi connectivity index (χ1v) is 3.64. The molecule has 0 saturated heterocycles. The van der Waals surface area contributed by atoms with E-state index >= 15 is 0 Å². The molecule has 1 aromatic carbocycles. The van der Waals surface area contributed by atoms with Crippen LogP contribution < -0.4 is 10.6 Å². The van der Waals surface area contributed by atoms with E-state index in [9.17, 15) is 4.79 Å². The summed E-state index contributed by atoms with van der Waals surface area (Å²) in [6.45, 7) is 0. The maximum atomic E-state index is 10.3. The van der Waals surface area contributed by atoms with Crippen LogP contribution >= 0.6 is 0 Å². The lowest BCUT2D eigenvalue weighted by Gasteiger charge is -2.07. The van der Waals surface area contributed by atoms with Crippen molar-refractivity contribution in [1.29, 1.82) is 0 Å². The molecule has 0 bridgehead atoms. The van der Waals surface area contributed by atoms with Crippen LogP contribution in [0.25, 0.3) is 6.26 Å². The summed E-state index contributed by atoms with van der Waals surface area (Å²) in [6.07, 6.45) is 1.56. The minimum atomic E-state index is -0.667. The van der Waals surface area contributed by atoms with Crippen molar-refractivity contribution in [3.05, 3.63) is 34.8 Å². The Bertz CT molecular complexity index is 411. The number of aldehydes is 1. The summed E-state index contributed by atoms with van der Waals surface area (Å²) in [5.41, 5.74) is 0. The van der Waals surface area contributed by atoms with Crippen LogP contribution in [0.4, 0.5) is 0 Å². The molecule has 2 rings (SSSR count). The lowest BCUT2D eigenvalue weighted by atomic mass is 10.3. The van der Waals surface area contributed by atoms with Crippen molar-refractivity contribution in [3.63, 3.8) is 0 Å². The Morgan fingerprint density at radius 3 is 3.08 bits per heavy atom. The summed E-state index contributed by atoms with van der Waals surface area (Å²) in [4.78, 5) is 14.4. The molecule has 0 N–H and O–H groups in total. The van der Waals surface area contributed by atoms with Crippen LogP contribution in [0, 0.1) is 0 Å². The van der Waals surface area contributed by atoms with Gasteiger partial charge in [0.25, 0.3) is 0 Å². The first-order chi connectivity index (χ1) is 5.90. The van der Waals surface area contributed by atoms with E-state index in [2.05, 4.69) is 4.99 Å². The van der Waals surface area contributed by atoms with Crippen LogP contribution in [0.5, 0.6) is 0 Å². The maximum absolute atomic E-state index is 10.3. The standard InChI is InChI=1S/C9H7NO2/c11-5-9-10-8-4-2-1-3-7(8)6-12-9/h1-6,9H. The minimum absolute atomic E-state index is 0.667. The topological polar surface area (TPSA) is 38.7 Å². The lowest BCUT2D eigenvalue weighted by Crippen LogP contribution is -2.32. The molecule has 1 unspecified atom stereocenters. The average Bonchev–Trinajstić information content (AvgIpc) is 2.17. The van der Waals surface area contributed by atoms with Gasteiger partial charge in [-0.25, -0.2) is 4.99 Å². The Labute approximate surface area is 69.0 Å². The molecular weight excluding hydrogens is 154 g/mol. The summed E-state index contributed by atoms with van der Waals surface area (Å²) in [6, 6.07) is 7.52. The number of ether oxygens (including phenoxy) is 1. The van der Waals surface area contributed by atoms with Crippen LogP contribution in [0.2, 0.25) is 0 Å². The fourth-order valence-electron chi connectivity index (χ4n) is 1.08. The van der Waals surface area contributed by atoms with Crippen molar-refractivity contribution >= 4 is 12.5 Å². The monoisotopic (exact) mass is 161 g/mol. The first-order valence-electron chi connectivity index (χ1n) is 3.64. The van der Waals surface area contributed by atoms with Crippen molar-refractivity contribution in [2.45, 2.75) is 6.23 Å². The molecule has 60 valence electrons. The summed E-state index contributed by atoms with van der Waals surface area (Å²) >= 11 is 0. The molecule has 3 heteroatoms. The summed E-state index contributed by atoms with van der Waals surface area (Å²) in [5, 5.41) is 1.72. The highest BCUT2D eigenvalue weighted by Crippen LogP contribution is 1.92. The normalized spacial score (nSPS) is 19.5. The zero-order valence-electron chi connectivity index (χ0n) is 6.31. The van der Waals surface area contributed by atoms with E-state index < -0.39 is 6.23 Å². The number of hydrogen-bond acceptors (Lipinski definition) is 3. The van der Waals surface area contributed by atoms with Gasteiger partial charge in [0.15, 0.2) is 6.29 Å². The molecule has 0 radical (unpaired) electrons. The second-order valence-corrected chi connectivity index (χ2v) is 2.47. The molecule has 3 nitrogen and oxygen atoms in total. The number of rotatable bonds is 1. The van der Waals surface area contributed by atoms with Crippen LogP contribution in [-0.2, 0) is 9.53 Å². The molecule has 0 aliphatic carbocycles. The minimum Gasteiger partial charge on any atom is -0.469 e. The fraction of sp³-hybridized carbons (Fsp3) is 0.111. The highest BCUT2D eigenvalue weighted by atomic mass is 16.5. The number of carbonyl (C=O) groups is 1. The number of carbonyl (C=O) groups excluding carboxylic acids is 1. The van der Waals surface area contributed by atoms with Gasteiger partial charge in [-0.15, -0.1) is 0 Å². The van der Waals surface area contributed by atoms with E-state index in [-0.39, 0.29) is 0 Å². The highest BCUT2D eigenvalue weighted by Gasteiger charge is 2.05. The van der Waals surface area contributed by atoms with Gasteiger partial charge in [0.2, 0.25) is 6.23 Å². The Morgan fingerprint density at radius 1 is 1.42 bits per heavy atom.